The van der Waals surface area contributed by atoms with Gasteiger partial charge >= 0.3 is 0 Å². The van der Waals surface area contributed by atoms with Crippen LogP contribution in [0.15, 0.2) is 18.2 Å². The van der Waals surface area contributed by atoms with Crippen LogP contribution in [0, 0.1) is 10.1 Å². The molecule has 0 amide bonds. The first-order valence-electron chi connectivity index (χ1n) is 5.45. The number of anilines is 1. The number of nitro groups is 1. The minimum absolute atomic E-state index is 0.0403. The van der Waals surface area contributed by atoms with Crippen LogP contribution in [-0.4, -0.2) is 30.5 Å². The van der Waals surface area contributed by atoms with Crippen LogP contribution in [0.5, 0.6) is 0 Å². The van der Waals surface area contributed by atoms with Gasteiger partial charge in [0.15, 0.2) is 6.29 Å². The lowest BCUT2D eigenvalue weighted by atomic mass is 10.2. The number of carbonyl (C=O) groups is 1. The van der Waals surface area contributed by atoms with Gasteiger partial charge in [0, 0.05) is 36.2 Å². The van der Waals surface area contributed by atoms with Crippen LogP contribution in [0.3, 0.4) is 0 Å². The summed E-state index contributed by atoms with van der Waals surface area (Å²) in [6.45, 7) is 1.35. The summed E-state index contributed by atoms with van der Waals surface area (Å²) in [5, 5.41) is 14.4. The number of aldehydes is 1. The maximum absolute atomic E-state index is 10.9. The lowest BCUT2D eigenvalue weighted by Gasteiger charge is -2.22. The second-order valence-electron chi connectivity index (χ2n) is 3.98. The molecule has 1 aliphatic rings. The molecule has 1 aromatic carbocycles. The average Bonchev–Trinajstić information content (AvgIpc) is 2.86. The predicted octanol–water partition coefficient (Wildman–Crippen LogP) is 1.42. The van der Waals surface area contributed by atoms with Crippen LogP contribution in [0.1, 0.15) is 5.56 Å². The molecule has 1 N–H and O–H groups in total. The number of hydrogen-bond donors (Lipinski definition) is 1. The molecular formula is C11H12BrN3O3. The van der Waals surface area contributed by atoms with E-state index in [0.29, 0.717) is 24.1 Å². The molecule has 1 aliphatic heterocycles. The largest absolute Gasteiger partial charge is 0.348 e. The fraction of sp³-hybridized carbons (Fsp3) is 0.364. The van der Waals surface area contributed by atoms with E-state index >= 15 is 0 Å². The highest BCUT2D eigenvalue weighted by molar-refractivity contribution is 9.08. The fourth-order valence-electron chi connectivity index (χ4n) is 2.00. The molecule has 1 fully saturated rings. The number of halogens is 1. The molecule has 1 atom stereocenters. The van der Waals surface area contributed by atoms with Crippen molar-refractivity contribution in [2.24, 2.45) is 0 Å². The van der Waals surface area contributed by atoms with Crippen molar-refractivity contribution in [3.05, 3.63) is 33.9 Å². The van der Waals surface area contributed by atoms with Gasteiger partial charge in [0.25, 0.3) is 5.69 Å². The second kappa shape index (κ2) is 5.45. The number of benzene rings is 1. The summed E-state index contributed by atoms with van der Waals surface area (Å²) < 4.78 is 0. The highest BCUT2D eigenvalue weighted by atomic mass is 79.9. The third-order valence-corrected chi connectivity index (χ3v) is 3.48. The van der Waals surface area contributed by atoms with Crippen LogP contribution in [-0.2, 0) is 10.1 Å². The number of nitrogens with zero attached hydrogens (tertiary/aromatic N) is 2. The zero-order chi connectivity index (χ0) is 13.1. The molecule has 0 aliphatic carbocycles. The average molecular weight is 314 g/mol. The van der Waals surface area contributed by atoms with Crippen LogP contribution in [0.4, 0.5) is 11.4 Å². The maximum atomic E-state index is 10.9. The fourth-order valence-corrected chi connectivity index (χ4v) is 2.32. The second-order valence-corrected chi connectivity index (χ2v) is 4.54. The molecule has 18 heavy (non-hydrogen) atoms. The van der Waals surface area contributed by atoms with E-state index in [0.717, 1.165) is 11.8 Å². The van der Waals surface area contributed by atoms with E-state index in [1.165, 1.54) is 12.1 Å². The zero-order valence-corrected chi connectivity index (χ0v) is 11.1. The molecule has 0 spiro atoms. The van der Waals surface area contributed by atoms with Gasteiger partial charge in [-0.3, -0.25) is 20.2 Å². The number of alkyl halides is 1. The van der Waals surface area contributed by atoms with Crippen molar-refractivity contribution in [2.75, 3.05) is 18.0 Å². The zero-order valence-electron chi connectivity index (χ0n) is 9.51. The smallest absolute Gasteiger partial charge is 0.271 e. The highest BCUT2D eigenvalue weighted by Crippen LogP contribution is 2.27. The molecule has 6 nitrogen and oxygen atoms in total. The first-order chi connectivity index (χ1) is 8.65. The summed E-state index contributed by atoms with van der Waals surface area (Å²) in [4.78, 5) is 23.2. The SMILES string of the molecule is O=CC1NCCN1c1cc(CBr)cc([N+](=O)[O-])c1. The van der Waals surface area contributed by atoms with Gasteiger partial charge in [0.2, 0.25) is 0 Å². The Kier molecular flexibility index (Phi) is 3.93. The van der Waals surface area contributed by atoms with Crippen molar-refractivity contribution in [3.8, 4) is 0 Å². The molecule has 1 saturated heterocycles. The van der Waals surface area contributed by atoms with Crippen LogP contribution >= 0.6 is 15.9 Å². The van der Waals surface area contributed by atoms with E-state index in [1.807, 2.05) is 11.0 Å². The Hall–Kier alpha value is -1.47. The van der Waals surface area contributed by atoms with Crippen LogP contribution < -0.4 is 10.2 Å². The number of rotatable bonds is 4. The Bertz CT molecular complexity index is 481. The Balaban J connectivity index is 2.40. The van der Waals surface area contributed by atoms with Crippen molar-refractivity contribution < 1.29 is 9.72 Å². The third kappa shape index (κ3) is 2.51. The van der Waals surface area contributed by atoms with Crippen molar-refractivity contribution in [1.29, 1.82) is 0 Å². The first kappa shape index (κ1) is 13.0. The molecule has 0 bridgehead atoms. The number of hydrogen-bond acceptors (Lipinski definition) is 5. The standard InChI is InChI=1S/C11H12BrN3O3/c12-6-8-3-9(5-10(4-8)15(17)18)14-2-1-13-11(14)7-16/h3-5,7,11,13H,1-2,6H2. The quantitative estimate of drug-likeness (QED) is 0.394. The van der Waals surface area contributed by atoms with Gasteiger partial charge in [-0.15, -0.1) is 0 Å². The van der Waals surface area contributed by atoms with Gasteiger partial charge in [-0.25, -0.2) is 0 Å². The van der Waals surface area contributed by atoms with Gasteiger partial charge in [-0.2, -0.15) is 0 Å². The summed E-state index contributed by atoms with van der Waals surface area (Å²) in [7, 11) is 0. The summed E-state index contributed by atoms with van der Waals surface area (Å²) in [5.41, 5.74) is 1.55. The van der Waals surface area contributed by atoms with Gasteiger partial charge in [0.1, 0.15) is 6.17 Å². The molecular weight excluding hydrogens is 302 g/mol. The number of non-ortho nitro benzene ring substituents is 1. The molecule has 0 radical (unpaired) electrons. The first-order valence-corrected chi connectivity index (χ1v) is 6.57. The molecule has 1 unspecified atom stereocenters. The molecule has 7 heteroatoms. The summed E-state index contributed by atoms with van der Waals surface area (Å²) in [6, 6.07) is 4.87. The van der Waals surface area contributed by atoms with Crippen LogP contribution in [0.2, 0.25) is 0 Å². The predicted molar refractivity (Wildman–Crippen MR) is 70.9 cm³/mol. The third-order valence-electron chi connectivity index (χ3n) is 2.83. The Morgan fingerprint density at radius 3 is 2.94 bits per heavy atom. The summed E-state index contributed by atoms with van der Waals surface area (Å²) >= 11 is 3.29. The van der Waals surface area contributed by atoms with Crippen molar-refractivity contribution in [1.82, 2.24) is 5.32 Å². The van der Waals surface area contributed by atoms with Crippen molar-refractivity contribution in [3.63, 3.8) is 0 Å². The normalized spacial score (nSPS) is 18.9. The molecule has 0 aromatic heterocycles. The maximum Gasteiger partial charge on any atom is 0.271 e. The highest BCUT2D eigenvalue weighted by Gasteiger charge is 2.25. The molecule has 2 rings (SSSR count). The molecule has 1 aromatic rings. The van der Waals surface area contributed by atoms with E-state index in [2.05, 4.69) is 21.2 Å². The van der Waals surface area contributed by atoms with Gasteiger partial charge in [-0.05, 0) is 11.6 Å². The molecule has 1 heterocycles. The Morgan fingerprint density at radius 1 is 1.56 bits per heavy atom. The minimum Gasteiger partial charge on any atom is -0.348 e. The van der Waals surface area contributed by atoms with E-state index in [4.69, 9.17) is 0 Å². The van der Waals surface area contributed by atoms with Gasteiger partial charge < -0.3 is 4.90 Å². The van der Waals surface area contributed by atoms with Crippen molar-refractivity contribution in [2.45, 2.75) is 11.5 Å². The van der Waals surface area contributed by atoms with E-state index in [-0.39, 0.29) is 5.69 Å². The lowest BCUT2D eigenvalue weighted by Crippen LogP contribution is -2.37. The topological polar surface area (TPSA) is 75.5 Å². The Morgan fingerprint density at radius 2 is 2.33 bits per heavy atom. The van der Waals surface area contributed by atoms with E-state index in [9.17, 15) is 14.9 Å². The monoisotopic (exact) mass is 313 g/mol. The molecule has 96 valence electrons. The van der Waals surface area contributed by atoms with E-state index < -0.39 is 11.1 Å². The van der Waals surface area contributed by atoms with Crippen molar-refractivity contribution >= 4 is 33.6 Å². The lowest BCUT2D eigenvalue weighted by molar-refractivity contribution is -0.384. The van der Waals surface area contributed by atoms with Gasteiger partial charge in [0.05, 0.1) is 4.92 Å². The van der Waals surface area contributed by atoms with Crippen LogP contribution in [0.25, 0.3) is 0 Å². The minimum atomic E-state index is -0.422. The van der Waals surface area contributed by atoms with E-state index in [1.54, 1.807) is 0 Å². The summed E-state index contributed by atoms with van der Waals surface area (Å²) in [6.07, 6.45) is 0.398. The molecule has 0 saturated carbocycles. The summed E-state index contributed by atoms with van der Waals surface area (Å²) in [5.74, 6) is 0. The number of nitrogens with one attached hydrogen (secondary N) is 1. The van der Waals surface area contributed by atoms with Gasteiger partial charge in [-0.1, -0.05) is 15.9 Å². The Labute approximate surface area is 112 Å². The number of carbonyl (C=O) groups excluding carboxylic acids is 1. The number of nitro benzene ring substituents is 1.